The van der Waals surface area contributed by atoms with Crippen LogP contribution in [-0.4, -0.2) is 365 Å². The summed E-state index contributed by atoms with van der Waals surface area (Å²) in [5, 5.41) is 103. The molecule has 0 spiro atoms. The van der Waals surface area contributed by atoms with Gasteiger partial charge in [-0.3, -0.25) is 83.1 Å². The molecular weight excluding hydrogens is 1430 g/mol. The van der Waals surface area contributed by atoms with Crippen molar-refractivity contribution in [2.45, 2.75) is 72.6 Å². The number of carboxylic acid groups (broad SMARTS) is 5. The lowest BCUT2D eigenvalue weighted by Gasteiger charge is -2.39. The van der Waals surface area contributed by atoms with Crippen LogP contribution in [0.2, 0.25) is 0 Å². The van der Waals surface area contributed by atoms with Gasteiger partial charge in [0.25, 0.3) is 0 Å². The zero-order chi connectivity index (χ0) is 81.7. The van der Waals surface area contributed by atoms with Gasteiger partial charge in [-0.15, -0.1) is 0 Å². The number of benzene rings is 5. The average molecular weight is 1560 g/mol. The van der Waals surface area contributed by atoms with Crippen LogP contribution >= 0.6 is 0 Å². The van der Waals surface area contributed by atoms with E-state index in [0.717, 1.165) is 120 Å². The monoisotopic (exact) mass is 1560 g/mol. The Bertz CT molecular complexity index is 3610. The van der Waals surface area contributed by atoms with Crippen molar-refractivity contribution in [2.75, 3.05) is 203 Å². The summed E-state index contributed by atoms with van der Waals surface area (Å²) in [5.41, 5.74) is 4.86. The molecule has 1 unspecified atom stereocenters. The Kier molecular flexibility index (Phi) is 43.4. The Morgan fingerprint density at radius 2 is 0.741 bits per heavy atom. The number of phenols is 5. The molecule has 3 saturated heterocycles. The van der Waals surface area contributed by atoms with Gasteiger partial charge in [0.1, 0.15) is 28.7 Å². The highest BCUT2D eigenvalue weighted by Crippen LogP contribution is 2.37. The summed E-state index contributed by atoms with van der Waals surface area (Å²) in [7, 11) is 0. The Balaban J connectivity index is 0.000000275. The minimum atomic E-state index is -1.02. The number of aromatic hydroxyl groups is 5. The number of hydrogen-bond acceptors (Lipinski definition) is 25. The molecule has 8 rings (SSSR count). The fraction of sp³-hybridized carbons (Fsp3) is 0.524. The number of hydrogen-bond donors (Lipinski definition) is 12. The molecule has 3 fully saturated rings. The van der Waals surface area contributed by atoms with Gasteiger partial charge in [0.2, 0.25) is 0 Å². The van der Waals surface area contributed by atoms with E-state index >= 15 is 0 Å². The van der Waals surface area contributed by atoms with E-state index in [-0.39, 0.29) is 73.8 Å². The summed E-state index contributed by atoms with van der Waals surface area (Å²) < 4.78 is 0. The first-order valence-corrected chi connectivity index (χ1v) is 38.7. The topological polar surface area (TPSA) is 390 Å². The van der Waals surface area contributed by atoms with E-state index in [1.165, 1.54) is 0 Å². The first-order chi connectivity index (χ1) is 53.7. The Labute approximate surface area is 660 Å². The van der Waals surface area contributed by atoms with Crippen LogP contribution in [0.5, 0.6) is 28.7 Å². The minimum Gasteiger partial charge on any atom is -0.508 e. The van der Waals surface area contributed by atoms with Crippen LogP contribution in [0.1, 0.15) is 93.9 Å². The Morgan fingerprint density at radius 1 is 0.402 bits per heavy atom. The number of para-hydroxylation sites is 4. The second kappa shape index (κ2) is 52.1. The summed E-state index contributed by atoms with van der Waals surface area (Å²) in [6.07, 6.45) is 6.72. The van der Waals surface area contributed by atoms with Crippen LogP contribution in [0.4, 0.5) is 0 Å². The van der Waals surface area contributed by atoms with Gasteiger partial charge >= 0.3 is 29.8 Å². The molecule has 112 heavy (non-hydrogen) atoms. The summed E-state index contributed by atoms with van der Waals surface area (Å²) in [5.74, 6) is -3.20. The highest BCUT2D eigenvalue weighted by molar-refractivity contribution is 5.85. The lowest BCUT2D eigenvalue weighted by molar-refractivity contribution is -0.142. The maximum absolute atomic E-state index is 11.5. The zero-order valence-corrected chi connectivity index (χ0v) is 66.4. The van der Waals surface area contributed by atoms with Gasteiger partial charge < -0.3 is 66.6 Å². The van der Waals surface area contributed by atoms with Crippen LogP contribution in [0.15, 0.2) is 135 Å². The first-order valence-electron chi connectivity index (χ1n) is 38.7. The van der Waals surface area contributed by atoms with Gasteiger partial charge in [0.05, 0.1) is 65.1 Å². The van der Waals surface area contributed by atoms with Gasteiger partial charge in [0, 0.05) is 202 Å². The molecule has 30 heteroatoms. The number of phenolic OH excluding ortho intramolecular Hbond substituents is 5. The highest BCUT2D eigenvalue weighted by Gasteiger charge is 2.35. The third-order valence-electron chi connectivity index (χ3n) is 19.3. The number of likely N-dealkylation sites (N-methyl/N-ethyl adjacent to an activating group) is 1. The van der Waals surface area contributed by atoms with E-state index < -0.39 is 29.8 Å². The molecule has 0 radical (unpaired) electrons. The SMILES string of the molecule is CC(C)C1CN(CC(=O)O)CCN(CC(=O)O)CCN(CC(=O)O)CCN1CC(=O)O.CC(C)c1ccc(C2N(CCN=Cc3ccccc3O)CCN2CCN=Cc2ccccc2O)c(O)c1.CCN1CCN(CC(=O)O)CCN(C(C)C)CC1.Oc1ccccc1C=NCCNCCNCCN=Cc1ccccc1O. The van der Waals surface area contributed by atoms with Crippen molar-refractivity contribution >= 4 is 54.7 Å². The summed E-state index contributed by atoms with van der Waals surface area (Å²) in [4.78, 5) is 92.1. The maximum atomic E-state index is 11.5. The van der Waals surface area contributed by atoms with Crippen LogP contribution in [0, 0.1) is 5.92 Å². The molecule has 0 aliphatic carbocycles. The number of nitrogens with zero attached hydrogens (tertiary/aromatic N) is 13. The van der Waals surface area contributed by atoms with Crippen LogP contribution < -0.4 is 10.6 Å². The summed E-state index contributed by atoms with van der Waals surface area (Å²) in [6, 6.07) is 34.9. The lowest BCUT2D eigenvalue weighted by Crippen LogP contribution is -2.54. The fourth-order valence-electron chi connectivity index (χ4n) is 12.9. The molecule has 616 valence electrons. The summed E-state index contributed by atoms with van der Waals surface area (Å²) in [6.45, 7) is 31.7. The molecule has 0 bridgehead atoms. The Morgan fingerprint density at radius 3 is 1.10 bits per heavy atom. The first kappa shape index (κ1) is 93.3. The lowest BCUT2D eigenvalue weighted by atomic mass is 9.99. The molecule has 30 nitrogen and oxygen atoms in total. The van der Waals surface area contributed by atoms with Gasteiger partial charge in [0.15, 0.2) is 0 Å². The molecule has 3 aliphatic heterocycles. The number of aliphatic carboxylic acids is 5. The maximum Gasteiger partial charge on any atom is 0.317 e. The number of carboxylic acids is 5. The van der Waals surface area contributed by atoms with Crippen molar-refractivity contribution in [1.29, 1.82) is 0 Å². The zero-order valence-electron chi connectivity index (χ0n) is 66.4. The van der Waals surface area contributed by atoms with Crippen molar-refractivity contribution in [3.8, 4) is 28.7 Å². The van der Waals surface area contributed by atoms with Gasteiger partial charge in [-0.2, -0.15) is 0 Å². The molecule has 3 heterocycles. The molecule has 1 atom stereocenters. The van der Waals surface area contributed by atoms with Gasteiger partial charge in [-0.05, 0) is 92.4 Å². The van der Waals surface area contributed by atoms with E-state index in [4.69, 9.17) is 5.11 Å². The second-order valence-corrected chi connectivity index (χ2v) is 28.7. The van der Waals surface area contributed by atoms with Crippen molar-refractivity contribution < 1.29 is 75.0 Å². The van der Waals surface area contributed by atoms with Crippen LogP contribution in [-0.2, 0) is 24.0 Å². The Hall–Kier alpha value is -9.31. The van der Waals surface area contributed by atoms with E-state index in [0.29, 0.717) is 101 Å². The number of carbonyl (C=O) groups is 5. The van der Waals surface area contributed by atoms with Crippen molar-refractivity contribution in [3.05, 3.63) is 149 Å². The van der Waals surface area contributed by atoms with Crippen molar-refractivity contribution in [1.82, 2.24) is 54.7 Å². The molecular formula is C82H123N15O15. The molecule has 0 saturated carbocycles. The average Bonchev–Trinajstić information content (AvgIpc) is 1.61. The summed E-state index contributed by atoms with van der Waals surface area (Å²) >= 11 is 0. The second-order valence-electron chi connectivity index (χ2n) is 28.7. The van der Waals surface area contributed by atoms with Gasteiger partial charge in [-0.25, -0.2) is 0 Å². The largest absolute Gasteiger partial charge is 0.508 e. The number of nitrogens with one attached hydrogen (secondary N) is 2. The molecule has 5 aromatic carbocycles. The normalized spacial score (nSPS) is 17.7. The van der Waals surface area contributed by atoms with E-state index in [2.05, 4.69) is 90.9 Å². The van der Waals surface area contributed by atoms with Crippen molar-refractivity contribution in [2.24, 2.45) is 25.9 Å². The predicted octanol–water partition coefficient (Wildman–Crippen LogP) is 5.59. The van der Waals surface area contributed by atoms with E-state index in [1.54, 1.807) is 93.0 Å². The fourth-order valence-corrected chi connectivity index (χ4v) is 12.9. The minimum absolute atomic E-state index is 0.0154. The quantitative estimate of drug-likeness (QED) is 0.0176. The standard InChI is InChI=1S/C30H36N4O3.C20H26N4O2.C19H34N4O8.C13H27N3O2/c1-22(2)23-11-12-26(29(37)19-23)30-33(15-13-31-20-24-7-3-5-9-27(24)35)17-18-34(30)16-14-32-21-25-8-4-6-10-28(25)36;25-19-7-3-1-5-17(19)15-23-13-11-21-9-10-22-12-14-24-16-18-6-2-4-8-20(18)26;1-14(2)15-9-22(12-18(28)29)6-5-20(10-16(24)25)3-4-21(11-17(26)27)7-8-23(15)13-19(30)31;1-4-14-5-6-15(11-13(17)18)8-10-16(9-7-14)12(2)3/h3-12,19-22,30,35-37H,13-18H2,1-2H3;1-8,15-16,21-22,25-26H,9-14H2;14-15H,3-13H2,1-2H3,(H,24,25)(H,26,27)(H,28,29)(H,30,31);12H,4-11H2,1-3H3,(H,17,18). The van der Waals surface area contributed by atoms with E-state index in [9.17, 15) is 69.9 Å². The molecule has 0 amide bonds. The smallest absolute Gasteiger partial charge is 0.317 e. The predicted molar refractivity (Wildman–Crippen MR) is 439 cm³/mol. The van der Waals surface area contributed by atoms with Crippen LogP contribution in [0.25, 0.3) is 0 Å². The van der Waals surface area contributed by atoms with Crippen molar-refractivity contribution in [3.63, 3.8) is 0 Å². The molecule has 0 aromatic heterocycles. The molecule has 12 N–H and O–H groups in total. The number of aliphatic imine (C=N–C) groups is 4. The third kappa shape index (κ3) is 36.4. The van der Waals surface area contributed by atoms with Crippen LogP contribution in [0.3, 0.4) is 0 Å². The van der Waals surface area contributed by atoms with E-state index in [1.807, 2.05) is 79.4 Å². The number of rotatable bonds is 34. The highest BCUT2D eigenvalue weighted by atomic mass is 16.4. The molecule has 5 aromatic rings. The third-order valence-corrected chi connectivity index (χ3v) is 19.3. The molecule has 3 aliphatic rings. The van der Waals surface area contributed by atoms with Gasteiger partial charge in [-0.1, -0.05) is 95.3 Å².